The molecular weight excluding hydrogens is 218 g/mol. The second-order valence-corrected chi connectivity index (χ2v) is 3.95. The van der Waals surface area contributed by atoms with Crippen molar-refractivity contribution in [1.29, 1.82) is 0 Å². The van der Waals surface area contributed by atoms with Gasteiger partial charge in [0.1, 0.15) is 5.78 Å². The third-order valence-corrected chi connectivity index (χ3v) is 2.70. The van der Waals surface area contributed by atoms with Crippen LogP contribution in [0.1, 0.15) is 18.4 Å². The largest absolute Gasteiger partial charge is 0.465 e. The minimum absolute atomic E-state index is 0.0877. The lowest BCUT2D eigenvalue weighted by Gasteiger charge is -2.26. The molecule has 0 saturated carbocycles. The fourth-order valence-electron chi connectivity index (χ4n) is 1.86. The first-order chi connectivity index (χ1) is 8.16. The summed E-state index contributed by atoms with van der Waals surface area (Å²) in [7, 11) is 0. The van der Waals surface area contributed by atoms with Gasteiger partial charge in [0, 0.05) is 25.1 Å². The van der Waals surface area contributed by atoms with Gasteiger partial charge < -0.3 is 5.11 Å². The molecule has 2 rings (SSSR count). The Morgan fingerprint density at radius 2 is 2.00 bits per heavy atom. The van der Waals surface area contributed by atoms with Crippen LogP contribution in [0.25, 0.3) is 6.08 Å². The van der Waals surface area contributed by atoms with Gasteiger partial charge in [0.05, 0.1) is 0 Å². The molecule has 0 aliphatic carbocycles. The smallest absolute Gasteiger partial charge is 0.411 e. The number of likely N-dealkylation sites (tertiary alicyclic amines) is 1. The molecule has 1 aliphatic heterocycles. The highest BCUT2D eigenvalue weighted by molar-refractivity contribution is 5.86. The van der Waals surface area contributed by atoms with Gasteiger partial charge in [-0.3, -0.25) is 9.69 Å². The SMILES string of the molecule is O=C1CCN(C(=O)O)C(=Cc2ccccc2)C1. The molecule has 0 unspecified atom stereocenters. The van der Waals surface area contributed by atoms with Crippen LogP contribution in [-0.2, 0) is 4.79 Å². The van der Waals surface area contributed by atoms with Crippen LogP contribution in [0.4, 0.5) is 4.79 Å². The van der Waals surface area contributed by atoms with Crippen molar-refractivity contribution < 1.29 is 14.7 Å². The summed E-state index contributed by atoms with van der Waals surface area (Å²) >= 11 is 0. The van der Waals surface area contributed by atoms with Crippen molar-refractivity contribution in [2.45, 2.75) is 12.8 Å². The van der Waals surface area contributed by atoms with Crippen LogP contribution in [0, 0.1) is 0 Å². The molecule has 4 nitrogen and oxygen atoms in total. The predicted molar refractivity (Wildman–Crippen MR) is 63.4 cm³/mol. The third kappa shape index (κ3) is 2.72. The number of carboxylic acid groups (broad SMARTS) is 1. The highest BCUT2D eigenvalue weighted by Crippen LogP contribution is 2.20. The fraction of sp³-hybridized carbons (Fsp3) is 0.231. The zero-order chi connectivity index (χ0) is 12.3. The van der Waals surface area contributed by atoms with E-state index in [1.54, 1.807) is 6.08 Å². The summed E-state index contributed by atoms with van der Waals surface area (Å²) in [5.41, 5.74) is 1.46. The molecular formula is C13H13NO3. The lowest BCUT2D eigenvalue weighted by atomic mass is 10.0. The van der Waals surface area contributed by atoms with E-state index in [4.69, 9.17) is 5.11 Å². The maximum absolute atomic E-state index is 11.4. The molecule has 1 fully saturated rings. The molecule has 0 bridgehead atoms. The second-order valence-electron chi connectivity index (χ2n) is 3.95. The van der Waals surface area contributed by atoms with Crippen LogP contribution < -0.4 is 0 Å². The van der Waals surface area contributed by atoms with Crippen molar-refractivity contribution >= 4 is 18.0 Å². The van der Waals surface area contributed by atoms with E-state index in [9.17, 15) is 9.59 Å². The number of hydrogen-bond donors (Lipinski definition) is 1. The molecule has 1 heterocycles. The number of benzene rings is 1. The summed E-state index contributed by atoms with van der Waals surface area (Å²) in [5, 5.41) is 9.05. The monoisotopic (exact) mass is 231 g/mol. The average Bonchev–Trinajstić information content (AvgIpc) is 2.30. The maximum atomic E-state index is 11.4. The Kier molecular flexibility index (Phi) is 3.23. The Morgan fingerprint density at radius 3 is 2.65 bits per heavy atom. The van der Waals surface area contributed by atoms with Gasteiger partial charge in [-0.15, -0.1) is 0 Å². The molecule has 1 N–H and O–H groups in total. The van der Waals surface area contributed by atoms with E-state index in [2.05, 4.69) is 0 Å². The molecule has 0 aromatic heterocycles. The molecule has 1 aromatic rings. The minimum atomic E-state index is -1.00. The quantitative estimate of drug-likeness (QED) is 0.807. The fourth-order valence-corrected chi connectivity index (χ4v) is 1.86. The molecule has 17 heavy (non-hydrogen) atoms. The van der Waals surface area contributed by atoms with Crippen LogP contribution in [0.15, 0.2) is 36.0 Å². The maximum Gasteiger partial charge on any atom is 0.411 e. The van der Waals surface area contributed by atoms with E-state index >= 15 is 0 Å². The van der Waals surface area contributed by atoms with Gasteiger partial charge in [0.15, 0.2) is 0 Å². The van der Waals surface area contributed by atoms with E-state index in [0.29, 0.717) is 12.1 Å². The van der Waals surface area contributed by atoms with E-state index in [0.717, 1.165) is 5.56 Å². The van der Waals surface area contributed by atoms with Gasteiger partial charge >= 0.3 is 6.09 Å². The van der Waals surface area contributed by atoms with Crippen LogP contribution in [-0.4, -0.2) is 28.4 Å². The minimum Gasteiger partial charge on any atom is -0.465 e. The van der Waals surface area contributed by atoms with Crippen molar-refractivity contribution in [3.8, 4) is 0 Å². The highest BCUT2D eigenvalue weighted by Gasteiger charge is 2.24. The molecule has 0 spiro atoms. The van der Waals surface area contributed by atoms with E-state index in [1.165, 1.54) is 4.90 Å². The molecule has 1 amide bonds. The topological polar surface area (TPSA) is 57.6 Å². The zero-order valence-electron chi connectivity index (χ0n) is 9.30. The van der Waals surface area contributed by atoms with Crippen molar-refractivity contribution in [3.05, 3.63) is 41.6 Å². The third-order valence-electron chi connectivity index (χ3n) is 2.70. The molecule has 4 heteroatoms. The number of amides is 1. The number of hydrogen-bond acceptors (Lipinski definition) is 2. The molecule has 88 valence electrons. The first-order valence-electron chi connectivity index (χ1n) is 5.44. The number of piperidine rings is 1. The van der Waals surface area contributed by atoms with Gasteiger partial charge in [-0.05, 0) is 11.6 Å². The second kappa shape index (κ2) is 4.82. The van der Waals surface area contributed by atoms with Gasteiger partial charge in [0.2, 0.25) is 0 Å². The predicted octanol–water partition coefficient (Wildman–Crippen LogP) is 2.37. The summed E-state index contributed by atoms with van der Waals surface area (Å²) in [6.07, 6.45) is 1.25. The zero-order valence-corrected chi connectivity index (χ0v) is 9.30. The van der Waals surface area contributed by atoms with Gasteiger partial charge in [-0.2, -0.15) is 0 Å². The standard InChI is InChI=1S/C13H13NO3/c15-12-6-7-14(13(16)17)11(9-12)8-10-4-2-1-3-5-10/h1-5,8H,6-7,9H2,(H,16,17). The van der Waals surface area contributed by atoms with Crippen molar-refractivity contribution in [2.24, 2.45) is 0 Å². The Balaban J connectivity index is 2.29. The lowest BCUT2D eigenvalue weighted by Crippen LogP contribution is -2.35. The van der Waals surface area contributed by atoms with Gasteiger partial charge in [-0.1, -0.05) is 30.3 Å². The van der Waals surface area contributed by atoms with Crippen LogP contribution in [0.3, 0.4) is 0 Å². The Labute approximate surface area is 99.2 Å². The molecule has 0 atom stereocenters. The summed E-state index contributed by atoms with van der Waals surface area (Å²) in [6.45, 7) is 0.257. The van der Waals surface area contributed by atoms with E-state index in [1.807, 2.05) is 30.3 Å². The summed E-state index contributed by atoms with van der Waals surface area (Å²) in [5.74, 6) is 0.0877. The number of Topliss-reactive ketones (excluding diaryl/α,β-unsaturated/α-hetero) is 1. The molecule has 1 saturated heterocycles. The lowest BCUT2D eigenvalue weighted by molar-refractivity contribution is -0.119. The number of nitrogens with zero attached hydrogens (tertiary/aromatic N) is 1. The van der Waals surface area contributed by atoms with Crippen LogP contribution >= 0.6 is 0 Å². The number of rotatable bonds is 1. The normalized spacial score (nSPS) is 18.5. The highest BCUT2D eigenvalue weighted by atomic mass is 16.4. The van der Waals surface area contributed by atoms with Crippen LogP contribution in [0.5, 0.6) is 0 Å². The Bertz CT molecular complexity index is 465. The average molecular weight is 231 g/mol. The first kappa shape index (κ1) is 11.4. The summed E-state index contributed by atoms with van der Waals surface area (Å²) in [4.78, 5) is 23.7. The summed E-state index contributed by atoms with van der Waals surface area (Å²) < 4.78 is 0. The first-order valence-corrected chi connectivity index (χ1v) is 5.44. The number of carbonyl (C=O) groups is 2. The van der Waals surface area contributed by atoms with Crippen molar-refractivity contribution in [3.63, 3.8) is 0 Å². The Hall–Kier alpha value is -2.10. The Morgan fingerprint density at radius 1 is 1.29 bits per heavy atom. The van der Waals surface area contributed by atoms with E-state index < -0.39 is 6.09 Å². The van der Waals surface area contributed by atoms with E-state index in [-0.39, 0.29) is 18.7 Å². The van der Waals surface area contributed by atoms with Crippen molar-refractivity contribution in [1.82, 2.24) is 4.90 Å². The molecule has 0 radical (unpaired) electrons. The van der Waals surface area contributed by atoms with Crippen LogP contribution in [0.2, 0.25) is 0 Å². The number of allylic oxidation sites excluding steroid dienone is 1. The number of carbonyl (C=O) groups excluding carboxylic acids is 1. The van der Waals surface area contributed by atoms with Crippen molar-refractivity contribution in [2.75, 3.05) is 6.54 Å². The summed E-state index contributed by atoms with van der Waals surface area (Å²) in [6, 6.07) is 9.41. The molecule has 1 aromatic carbocycles. The van der Waals surface area contributed by atoms with Gasteiger partial charge in [0.25, 0.3) is 0 Å². The van der Waals surface area contributed by atoms with Gasteiger partial charge in [-0.25, -0.2) is 4.79 Å². The molecule has 1 aliphatic rings. The number of ketones is 1.